The zero-order valence-corrected chi connectivity index (χ0v) is 15.1. The van der Waals surface area contributed by atoms with Crippen LogP contribution >= 0.6 is 22.9 Å². The lowest BCUT2D eigenvalue weighted by atomic mass is 10.0. The molecule has 0 aliphatic carbocycles. The molecule has 0 spiro atoms. The molecular formula is C15H15ClN2O4S2. The first-order valence-corrected chi connectivity index (χ1v) is 9.82. The number of sulfonamides is 1. The molecule has 0 fully saturated rings. The second kappa shape index (κ2) is 6.72. The minimum Gasteiger partial charge on any atom is -0.465 e. The topological polar surface area (TPSA) is 84.5 Å². The third-order valence-corrected chi connectivity index (χ3v) is 6.51. The number of hydrogen-bond donors (Lipinski definition) is 2. The van der Waals surface area contributed by atoms with Crippen molar-refractivity contribution >= 4 is 43.9 Å². The van der Waals surface area contributed by atoms with Crippen LogP contribution in [0.3, 0.4) is 0 Å². The summed E-state index contributed by atoms with van der Waals surface area (Å²) in [7, 11) is -2.57. The molecule has 0 radical (unpaired) electrons. The van der Waals surface area contributed by atoms with E-state index in [9.17, 15) is 13.2 Å². The van der Waals surface area contributed by atoms with Gasteiger partial charge in [-0.2, -0.15) is 0 Å². The van der Waals surface area contributed by atoms with E-state index in [1.807, 2.05) is 0 Å². The quantitative estimate of drug-likeness (QED) is 0.789. The largest absolute Gasteiger partial charge is 0.465 e. The maximum atomic E-state index is 12.6. The Morgan fingerprint density at radius 3 is 2.92 bits per heavy atom. The zero-order chi connectivity index (χ0) is 17.3. The lowest BCUT2D eigenvalue weighted by Crippen LogP contribution is -2.23. The fourth-order valence-electron chi connectivity index (χ4n) is 2.54. The predicted molar refractivity (Wildman–Crippen MR) is 93.3 cm³/mol. The molecule has 0 unspecified atom stereocenters. The van der Waals surface area contributed by atoms with Crippen LogP contribution in [0.4, 0.5) is 5.00 Å². The Bertz CT molecular complexity index is 893. The molecule has 6 nitrogen and oxygen atoms in total. The van der Waals surface area contributed by atoms with E-state index in [2.05, 4.69) is 10.0 Å². The lowest BCUT2D eigenvalue weighted by molar-refractivity contribution is 0.0601. The standard InChI is InChI=1S/C15H15ClN2O4S2/c1-22-15(19)13-11-5-6-17-8-12(11)23-14(13)18-24(20,21)10-4-2-3-9(16)7-10/h2-4,7,17-18H,5-6,8H2,1H3. The summed E-state index contributed by atoms with van der Waals surface area (Å²) in [5, 5.41) is 3.80. The number of carbonyl (C=O) groups excluding carboxylic acids is 1. The number of esters is 1. The van der Waals surface area contributed by atoms with Gasteiger partial charge in [-0.3, -0.25) is 4.72 Å². The minimum absolute atomic E-state index is 0.0373. The van der Waals surface area contributed by atoms with E-state index >= 15 is 0 Å². The van der Waals surface area contributed by atoms with Gasteiger partial charge in [-0.1, -0.05) is 17.7 Å². The van der Waals surface area contributed by atoms with Crippen molar-refractivity contribution in [3.63, 3.8) is 0 Å². The van der Waals surface area contributed by atoms with Crippen molar-refractivity contribution in [2.75, 3.05) is 18.4 Å². The summed E-state index contributed by atoms with van der Waals surface area (Å²) in [6, 6.07) is 5.95. The van der Waals surface area contributed by atoms with Crippen molar-refractivity contribution in [2.24, 2.45) is 0 Å². The molecule has 128 valence electrons. The molecule has 1 aromatic heterocycles. The monoisotopic (exact) mass is 386 g/mol. The molecule has 3 rings (SSSR count). The highest BCUT2D eigenvalue weighted by molar-refractivity contribution is 7.93. The first-order chi connectivity index (χ1) is 11.4. The van der Waals surface area contributed by atoms with E-state index in [1.165, 1.54) is 30.6 Å². The number of hydrogen-bond acceptors (Lipinski definition) is 6. The van der Waals surface area contributed by atoms with Gasteiger partial charge in [0.15, 0.2) is 0 Å². The van der Waals surface area contributed by atoms with Gasteiger partial charge in [-0.25, -0.2) is 13.2 Å². The van der Waals surface area contributed by atoms with Gasteiger partial charge in [-0.15, -0.1) is 11.3 Å². The fourth-order valence-corrected chi connectivity index (χ4v) is 5.35. The molecule has 2 aromatic rings. The van der Waals surface area contributed by atoms with E-state index in [1.54, 1.807) is 12.1 Å². The highest BCUT2D eigenvalue weighted by Crippen LogP contribution is 2.37. The Kier molecular flexibility index (Phi) is 4.82. The van der Waals surface area contributed by atoms with Crippen LogP contribution in [0.15, 0.2) is 29.2 Å². The predicted octanol–water partition coefficient (Wildman–Crippen LogP) is 2.63. The minimum atomic E-state index is -3.85. The Hall–Kier alpha value is -1.61. The van der Waals surface area contributed by atoms with Gasteiger partial charge in [0, 0.05) is 16.4 Å². The highest BCUT2D eigenvalue weighted by Gasteiger charge is 2.28. The SMILES string of the molecule is COC(=O)c1c(NS(=O)(=O)c2cccc(Cl)c2)sc2c1CCNC2. The summed E-state index contributed by atoms with van der Waals surface area (Å²) < 4.78 is 32.5. The van der Waals surface area contributed by atoms with Crippen molar-refractivity contribution in [1.82, 2.24) is 5.32 Å². The number of rotatable bonds is 4. The first kappa shape index (κ1) is 17.2. The molecular weight excluding hydrogens is 372 g/mol. The molecule has 0 atom stereocenters. The van der Waals surface area contributed by atoms with Crippen LogP contribution in [-0.4, -0.2) is 28.0 Å². The fraction of sp³-hybridized carbons (Fsp3) is 0.267. The van der Waals surface area contributed by atoms with Gasteiger partial charge < -0.3 is 10.1 Å². The van der Waals surface area contributed by atoms with Crippen molar-refractivity contribution in [1.29, 1.82) is 0 Å². The summed E-state index contributed by atoms with van der Waals surface area (Å²) in [5.74, 6) is -0.543. The number of fused-ring (bicyclic) bond motifs is 1. The number of thiophene rings is 1. The maximum Gasteiger partial charge on any atom is 0.341 e. The molecule has 0 saturated heterocycles. The third kappa shape index (κ3) is 3.27. The van der Waals surface area contributed by atoms with Crippen LogP contribution < -0.4 is 10.0 Å². The van der Waals surface area contributed by atoms with Gasteiger partial charge in [0.2, 0.25) is 0 Å². The number of nitrogens with one attached hydrogen (secondary N) is 2. The van der Waals surface area contributed by atoms with Crippen LogP contribution in [0.25, 0.3) is 0 Å². The van der Waals surface area contributed by atoms with E-state index in [4.69, 9.17) is 16.3 Å². The Labute approximate surface area is 148 Å². The normalized spacial score (nSPS) is 14.1. The number of carbonyl (C=O) groups is 1. The molecule has 9 heteroatoms. The van der Waals surface area contributed by atoms with Crippen LogP contribution in [0, 0.1) is 0 Å². The van der Waals surface area contributed by atoms with Crippen LogP contribution in [0.2, 0.25) is 5.02 Å². The molecule has 1 aliphatic heterocycles. The molecule has 2 heterocycles. The van der Waals surface area contributed by atoms with Gasteiger partial charge in [0.1, 0.15) is 5.00 Å². The molecule has 0 amide bonds. The van der Waals surface area contributed by atoms with Crippen LogP contribution in [-0.2, 0) is 27.7 Å². The van der Waals surface area contributed by atoms with Crippen molar-refractivity contribution in [3.8, 4) is 0 Å². The number of halogens is 1. The second-order valence-electron chi connectivity index (χ2n) is 5.19. The average Bonchev–Trinajstić information content (AvgIpc) is 2.91. The summed E-state index contributed by atoms with van der Waals surface area (Å²) in [6.45, 7) is 1.33. The summed E-state index contributed by atoms with van der Waals surface area (Å²) in [6.07, 6.45) is 0.648. The summed E-state index contributed by atoms with van der Waals surface area (Å²) in [5.41, 5.74) is 1.14. The number of benzene rings is 1. The second-order valence-corrected chi connectivity index (χ2v) is 8.41. The number of methoxy groups -OCH3 is 1. The van der Waals surface area contributed by atoms with Crippen molar-refractivity contribution in [3.05, 3.63) is 45.3 Å². The van der Waals surface area contributed by atoms with E-state index in [0.717, 1.165) is 17.0 Å². The summed E-state index contributed by atoms with van der Waals surface area (Å²) >= 11 is 7.11. The molecule has 1 aliphatic rings. The van der Waals surface area contributed by atoms with Crippen LogP contribution in [0.1, 0.15) is 20.8 Å². The third-order valence-electron chi connectivity index (χ3n) is 3.65. The average molecular weight is 387 g/mol. The van der Waals surface area contributed by atoms with Crippen molar-refractivity contribution < 1.29 is 17.9 Å². The Morgan fingerprint density at radius 1 is 1.42 bits per heavy atom. The smallest absolute Gasteiger partial charge is 0.341 e. The maximum absolute atomic E-state index is 12.6. The van der Waals surface area contributed by atoms with Crippen LogP contribution in [0.5, 0.6) is 0 Å². The lowest BCUT2D eigenvalue weighted by Gasteiger charge is -2.13. The Balaban J connectivity index is 2.03. The van der Waals surface area contributed by atoms with Crippen molar-refractivity contribution in [2.45, 2.75) is 17.9 Å². The van der Waals surface area contributed by atoms with Gasteiger partial charge >= 0.3 is 5.97 Å². The first-order valence-electron chi connectivity index (χ1n) is 7.14. The molecule has 0 saturated carbocycles. The number of ether oxygens (including phenoxy) is 1. The molecule has 2 N–H and O–H groups in total. The van der Waals surface area contributed by atoms with Gasteiger partial charge in [-0.05, 0) is 36.7 Å². The van der Waals surface area contributed by atoms with Gasteiger partial charge in [0.05, 0.1) is 17.6 Å². The highest BCUT2D eigenvalue weighted by atomic mass is 35.5. The molecule has 1 aromatic carbocycles. The molecule has 24 heavy (non-hydrogen) atoms. The van der Waals surface area contributed by atoms with E-state index in [0.29, 0.717) is 23.6 Å². The van der Waals surface area contributed by atoms with E-state index in [-0.39, 0.29) is 9.90 Å². The zero-order valence-electron chi connectivity index (χ0n) is 12.8. The molecule has 0 bridgehead atoms. The Morgan fingerprint density at radius 2 is 2.21 bits per heavy atom. The summed E-state index contributed by atoms with van der Waals surface area (Å²) in [4.78, 5) is 13.1. The number of anilines is 1. The van der Waals surface area contributed by atoms with Gasteiger partial charge in [0.25, 0.3) is 10.0 Å². The van der Waals surface area contributed by atoms with E-state index < -0.39 is 16.0 Å².